The zero-order valence-corrected chi connectivity index (χ0v) is 24.1. The molecule has 2 rings (SSSR count). The first-order chi connectivity index (χ1) is 18.8. The molecule has 0 bridgehead atoms. The van der Waals surface area contributed by atoms with Gasteiger partial charge < -0.3 is 31.7 Å². The number of aliphatic hydroxyl groups is 1. The quantitative estimate of drug-likeness (QED) is 0.115. The van der Waals surface area contributed by atoms with Crippen LogP contribution in [0.3, 0.4) is 0 Å². The molecule has 2 saturated carbocycles. The molecule has 2 aliphatic carbocycles. The van der Waals surface area contributed by atoms with Gasteiger partial charge in [0, 0.05) is 6.54 Å². The summed E-state index contributed by atoms with van der Waals surface area (Å²) in [4.78, 5) is 50.5. The second-order valence-corrected chi connectivity index (χ2v) is 13.3. The SMILES string of the molecule is CS(=O)(=O)NC(CCCCN)C(=O)NCC(CC1(C(=O)NC(CC2CCC(O)CC2)C(=O)O)CCCC1)C(=O)O. The minimum Gasteiger partial charge on any atom is -0.481 e. The summed E-state index contributed by atoms with van der Waals surface area (Å²) >= 11 is 0. The number of carbonyl (C=O) groups excluding carboxylic acids is 2. The average molecular weight is 591 g/mol. The zero-order chi connectivity index (χ0) is 29.9. The second kappa shape index (κ2) is 15.6. The van der Waals surface area contributed by atoms with Crippen molar-refractivity contribution in [3.63, 3.8) is 0 Å². The van der Waals surface area contributed by atoms with E-state index in [1.54, 1.807) is 0 Å². The van der Waals surface area contributed by atoms with E-state index in [9.17, 15) is 42.9 Å². The van der Waals surface area contributed by atoms with Gasteiger partial charge in [-0.05, 0) is 76.7 Å². The van der Waals surface area contributed by atoms with Crippen LogP contribution in [0.15, 0.2) is 0 Å². The van der Waals surface area contributed by atoms with Crippen molar-refractivity contribution in [2.45, 2.75) is 102 Å². The molecule has 0 heterocycles. The Morgan fingerprint density at radius 1 is 0.975 bits per heavy atom. The summed E-state index contributed by atoms with van der Waals surface area (Å²) in [7, 11) is -3.70. The van der Waals surface area contributed by atoms with Crippen molar-refractivity contribution in [3.05, 3.63) is 0 Å². The lowest BCUT2D eigenvalue weighted by Gasteiger charge is -2.33. The van der Waals surface area contributed by atoms with Crippen LogP contribution in [0.25, 0.3) is 0 Å². The number of carboxylic acids is 2. The molecule has 0 saturated heterocycles. The first kappa shape index (κ1) is 33.9. The summed E-state index contributed by atoms with van der Waals surface area (Å²) in [5.41, 5.74) is 4.40. The Balaban J connectivity index is 2.08. The molecular formula is C26H46N4O9S. The number of aliphatic hydroxyl groups excluding tert-OH is 1. The van der Waals surface area contributed by atoms with Gasteiger partial charge in [-0.2, -0.15) is 0 Å². The standard InChI is InChI=1S/C26H46N4O9S/c1-40(38,39)30-20(6-2-5-13-27)22(32)28-16-18(23(33)34)15-26(11-3-4-12-26)25(37)29-21(24(35)36)14-17-7-9-19(31)10-8-17/h17-21,30-31H,2-16,27H2,1H3,(H,28,32)(H,29,37)(H,33,34)(H,35,36). The fourth-order valence-corrected chi connectivity index (χ4v) is 6.62. The highest BCUT2D eigenvalue weighted by atomic mass is 32.2. The van der Waals surface area contributed by atoms with Gasteiger partial charge in [0.2, 0.25) is 21.8 Å². The number of rotatable bonds is 17. The Morgan fingerprint density at radius 2 is 1.60 bits per heavy atom. The molecule has 40 heavy (non-hydrogen) atoms. The van der Waals surface area contributed by atoms with E-state index in [-0.39, 0.29) is 37.8 Å². The Labute approximate surface area is 236 Å². The summed E-state index contributed by atoms with van der Waals surface area (Å²) in [6.45, 7) is 0.0692. The van der Waals surface area contributed by atoms with E-state index < -0.39 is 57.2 Å². The number of sulfonamides is 1. The van der Waals surface area contributed by atoms with Crippen LogP contribution in [0.4, 0.5) is 0 Å². The molecule has 0 radical (unpaired) electrons. The minimum absolute atomic E-state index is 0.0599. The molecule has 230 valence electrons. The number of unbranched alkanes of at least 4 members (excludes halogenated alkanes) is 1. The van der Waals surface area contributed by atoms with Crippen LogP contribution in [0.5, 0.6) is 0 Å². The first-order valence-electron chi connectivity index (χ1n) is 14.2. The average Bonchev–Trinajstić information content (AvgIpc) is 3.35. The Kier molecular flexibility index (Phi) is 13.3. The van der Waals surface area contributed by atoms with E-state index in [0.29, 0.717) is 70.8 Å². The van der Waals surface area contributed by atoms with Gasteiger partial charge in [-0.1, -0.05) is 19.3 Å². The van der Waals surface area contributed by atoms with Crippen LogP contribution < -0.4 is 21.1 Å². The third kappa shape index (κ3) is 10.9. The number of hydrogen-bond donors (Lipinski definition) is 7. The number of carboxylic acid groups (broad SMARTS) is 2. The maximum atomic E-state index is 13.5. The lowest BCUT2D eigenvalue weighted by molar-refractivity contribution is -0.147. The lowest BCUT2D eigenvalue weighted by Crippen LogP contribution is -2.51. The number of nitrogens with two attached hydrogens (primary N) is 1. The van der Waals surface area contributed by atoms with E-state index in [1.807, 2.05) is 0 Å². The molecule has 2 aliphatic rings. The highest BCUT2D eigenvalue weighted by molar-refractivity contribution is 7.88. The fourth-order valence-electron chi connectivity index (χ4n) is 5.88. The van der Waals surface area contributed by atoms with Gasteiger partial charge in [-0.15, -0.1) is 0 Å². The van der Waals surface area contributed by atoms with Crippen LogP contribution in [-0.4, -0.2) is 85.0 Å². The van der Waals surface area contributed by atoms with Crippen molar-refractivity contribution in [2.75, 3.05) is 19.3 Å². The van der Waals surface area contributed by atoms with Crippen molar-refractivity contribution >= 4 is 33.8 Å². The van der Waals surface area contributed by atoms with Gasteiger partial charge in [0.25, 0.3) is 0 Å². The molecule has 8 N–H and O–H groups in total. The van der Waals surface area contributed by atoms with E-state index in [0.717, 1.165) is 6.26 Å². The van der Waals surface area contributed by atoms with Gasteiger partial charge >= 0.3 is 11.9 Å². The lowest BCUT2D eigenvalue weighted by atomic mass is 9.76. The normalized spacial score (nSPS) is 23.1. The third-order valence-corrected chi connectivity index (χ3v) is 8.87. The van der Waals surface area contributed by atoms with E-state index in [2.05, 4.69) is 15.4 Å². The smallest absolute Gasteiger partial charge is 0.326 e. The maximum Gasteiger partial charge on any atom is 0.326 e. The fraction of sp³-hybridized carbons (Fsp3) is 0.846. The van der Waals surface area contributed by atoms with Crippen molar-refractivity contribution in [3.8, 4) is 0 Å². The first-order valence-corrected chi connectivity index (χ1v) is 16.0. The monoisotopic (exact) mass is 590 g/mol. The summed E-state index contributed by atoms with van der Waals surface area (Å²) in [6, 6.07) is -2.21. The molecule has 0 aliphatic heterocycles. The minimum atomic E-state index is -3.70. The third-order valence-electron chi connectivity index (χ3n) is 8.16. The highest BCUT2D eigenvalue weighted by Gasteiger charge is 2.45. The van der Waals surface area contributed by atoms with Gasteiger partial charge in [-0.3, -0.25) is 14.4 Å². The molecule has 13 nitrogen and oxygen atoms in total. The van der Waals surface area contributed by atoms with Crippen LogP contribution >= 0.6 is 0 Å². The molecule has 14 heteroatoms. The summed E-state index contributed by atoms with van der Waals surface area (Å²) < 4.78 is 25.8. The number of nitrogens with one attached hydrogen (secondary N) is 3. The predicted octanol–water partition coefficient (Wildman–Crippen LogP) is 0.311. The molecule has 3 unspecified atom stereocenters. The van der Waals surface area contributed by atoms with Crippen LogP contribution in [0, 0.1) is 17.3 Å². The van der Waals surface area contributed by atoms with Gasteiger partial charge in [0.05, 0.1) is 23.7 Å². The van der Waals surface area contributed by atoms with E-state index in [4.69, 9.17) is 5.73 Å². The van der Waals surface area contributed by atoms with Gasteiger partial charge in [0.15, 0.2) is 0 Å². The number of aliphatic carboxylic acids is 2. The highest BCUT2D eigenvalue weighted by Crippen LogP contribution is 2.44. The predicted molar refractivity (Wildman–Crippen MR) is 146 cm³/mol. The van der Waals surface area contributed by atoms with Gasteiger partial charge in [0.1, 0.15) is 12.1 Å². The van der Waals surface area contributed by atoms with E-state index in [1.165, 1.54) is 0 Å². The Bertz CT molecular complexity index is 977. The molecule has 0 aromatic carbocycles. The molecule has 0 spiro atoms. The molecular weight excluding hydrogens is 544 g/mol. The molecule has 0 aromatic heterocycles. The van der Waals surface area contributed by atoms with Crippen LogP contribution in [0.1, 0.15) is 83.5 Å². The summed E-state index contributed by atoms with van der Waals surface area (Å²) in [5.74, 6) is -4.62. The second-order valence-electron chi connectivity index (χ2n) is 11.5. The maximum absolute atomic E-state index is 13.5. The molecule has 2 fully saturated rings. The van der Waals surface area contributed by atoms with Crippen molar-refractivity contribution in [2.24, 2.45) is 23.0 Å². The largest absolute Gasteiger partial charge is 0.481 e. The summed E-state index contributed by atoms with van der Waals surface area (Å²) in [6.07, 6.45) is 6.67. The van der Waals surface area contributed by atoms with E-state index >= 15 is 0 Å². The van der Waals surface area contributed by atoms with Crippen LogP contribution in [-0.2, 0) is 29.2 Å². The molecule has 0 aromatic rings. The molecule has 2 amide bonds. The number of hydrogen-bond acceptors (Lipinski definition) is 8. The number of carbonyl (C=O) groups is 4. The topological polar surface area (TPSA) is 225 Å². The zero-order valence-electron chi connectivity index (χ0n) is 23.3. The summed E-state index contributed by atoms with van der Waals surface area (Å²) in [5, 5.41) is 34.7. The molecule has 3 atom stereocenters. The van der Waals surface area contributed by atoms with Crippen molar-refractivity contribution in [1.29, 1.82) is 0 Å². The van der Waals surface area contributed by atoms with Crippen molar-refractivity contribution < 1.29 is 42.9 Å². The van der Waals surface area contributed by atoms with Crippen LogP contribution in [0.2, 0.25) is 0 Å². The number of amides is 2. The Hall–Kier alpha value is -2.29. The van der Waals surface area contributed by atoms with Gasteiger partial charge in [-0.25, -0.2) is 17.9 Å². The van der Waals surface area contributed by atoms with Crippen molar-refractivity contribution in [1.82, 2.24) is 15.4 Å². The Morgan fingerprint density at radius 3 is 2.12 bits per heavy atom.